The topological polar surface area (TPSA) is 33.2 Å². The van der Waals surface area contributed by atoms with E-state index >= 15 is 0 Å². The number of rotatable bonds is 1. The van der Waals surface area contributed by atoms with Gasteiger partial charge in [0.2, 0.25) is 5.91 Å². The van der Waals surface area contributed by atoms with E-state index in [0.29, 0.717) is 34.5 Å². The van der Waals surface area contributed by atoms with Crippen molar-refractivity contribution in [3.05, 3.63) is 21.8 Å². The Bertz CT molecular complexity index is 450. The molecule has 0 aromatic carbocycles. The van der Waals surface area contributed by atoms with E-state index in [0.717, 1.165) is 0 Å². The van der Waals surface area contributed by atoms with Crippen LogP contribution in [0, 0.1) is 6.92 Å². The van der Waals surface area contributed by atoms with Crippen molar-refractivity contribution in [3.63, 3.8) is 0 Å². The molecule has 6 heteroatoms. The second-order valence-electron chi connectivity index (χ2n) is 3.67. The van der Waals surface area contributed by atoms with Crippen LogP contribution in [0.25, 0.3) is 0 Å². The summed E-state index contributed by atoms with van der Waals surface area (Å²) >= 11 is 17.8. The Morgan fingerprint density at radius 3 is 2.69 bits per heavy atom. The number of hydrogen-bond donors (Lipinski definition) is 0. The number of hydrogen-bond acceptors (Lipinski definition) is 2. The van der Waals surface area contributed by atoms with Crippen LogP contribution >= 0.6 is 34.8 Å². The van der Waals surface area contributed by atoms with E-state index in [1.54, 1.807) is 13.0 Å². The van der Waals surface area contributed by atoms with Gasteiger partial charge in [-0.15, -0.1) is 11.6 Å². The molecule has 0 aliphatic carbocycles. The lowest BCUT2D eigenvalue weighted by Gasteiger charge is -2.17. The largest absolute Gasteiger partial charge is 0.294 e. The van der Waals surface area contributed by atoms with Gasteiger partial charge in [0, 0.05) is 13.0 Å². The minimum atomic E-state index is -0.179. The molecule has 0 spiro atoms. The van der Waals surface area contributed by atoms with Gasteiger partial charge in [-0.25, -0.2) is 4.98 Å². The number of pyridine rings is 1. The minimum absolute atomic E-state index is 0.0591. The third kappa shape index (κ3) is 2.12. The fraction of sp³-hybridized carbons (Fsp3) is 0.400. The summed E-state index contributed by atoms with van der Waals surface area (Å²) < 4.78 is 0. The fourth-order valence-corrected chi connectivity index (χ4v) is 2.33. The van der Waals surface area contributed by atoms with Gasteiger partial charge in [0.1, 0.15) is 0 Å². The maximum atomic E-state index is 11.6. The Morgan fingerprint density at radius 1 is 1.44 bits per heavy atom. The number of aromatic nitrogens is 1. The Morgan fingerprint density at radius 2 is 2.12 bits per heavy atom. The first-order chi connectivity index (χ1) is 7.49. The van der Waals surface area contributed by atoms with E-state index in [4.69, 9.17) is 34.8 Å². The molecule has 1 amide bonds. The first kappa shape index (κ1) is 12.0. The zero-order valence-electron chi connectivity index (χ0n) is 8.51. The average molecular weight is 280 g/mol. The quantitative estimate of drug-likeness (QED) is 0.740. The molecule has 1 fully saturated rings. The highest BCUT2D eigenvalue weighted by molar-refractivity contribution is 6.37. The Labute approximate surface area is 108 Å². The molecule has 0 saturated carbocycles. The van der Waals surface area contributed by atoms with Crippen LogP contribution in [-0.2, 0) is 4.79 Å². The third-order valence-corrected chi connectivity index (χ3v) is 3.37. The Hall–Kier alpha value is -0.510. The third-order valence-electron chi connectivity index (χ3n) is 2.42. The van der Waals surface area contributed by atoms with Crippen molar-refractivity contribution < 1.29 is 4.79 Å². The number of anilines is 1. The summed E-state index contributed by atoms with van der Waals surface area (Å²) in [4.78, 5) is 17.4. The van der Waals surface area contributed by atoms with Crippen LogP contribution in [-0.4, -0.2) is 22.8 Å². The number of nitrogens with zero attached hydrogens (tertiary/aromatic N) is 2. The van der Waals surface area contributed by atoms with Crippen LogP contribution < -0.4 is 4.90 Å². The zero-order valence-corrected chi connectivity index (χ0v) is 10.8. The molecule has 1 aliphatic rings. The van der Waals surface area contributed by atoms with Gasteiger partial charge in [0.25, 0.3) is 0 Å². The molecule has 3 nitrogen and oxygen atoms in total. The van der Waals surface area contributed by atoms with Crippen LogP contribution in [0.5, 0.6) is 0 Å². The van der Waals surface area contributed by atoms with Crippen LogP contribution in [0.4, 0.5) is 5.82 Å². The second-order valence-corrected chi connectivity index (χ2v) is 5.10. The first-order valence-electron chi connectivity index (χ1n) is 4.76. The molecule has 86 valence electrons. The lowest BCUT2D eigenvalue weighted by Crippen LogP contribution is -2.26. The van der Waals surface area contributed by atoms with Crippen molar-refractivity contribution in [2.75, 3.05) is 11.4 Å². The lowest BCUT2D eigenvalue weighted by atomic mass is 10.3. The molecule has 0 bridgehead atoms. The smallest absolute Gasteiger partial charge is 0.229 e. The predicted molar refractivity (Wildman–Crippen MR) is 65.6 cm³/mol. The normalized spacial score (nSPS) is 20.6. The molecule has 0 N–H and O–H groups in total. The van der Waals surface area contributed by atoms with Crippen molar-refractivity contribution in [2.45, 2.75) is 18.7 Å². The van der Waals surface area contributed by atoms with E-state index in [1.807, 2.05) is 0 Å². The summed E-state index contributed by atoms with van der Waals surface area (Å²) in [6.45, 7) is 2.20. The van der Waals surface area contributed by atoms with Gasteiger partial charge in [-0.3, -0.25) is 9.69 Å². The summed E-state index contributed by atoms with van der Waals surface area (Å²) in [5.74, 6) is 0.382. The van der Waals surface area contributed by atoms with Gasteiger partial charge in [-0.2, -0.15) is 0 Å². The highest BCUT2D eigenvalue weighted by atomic mass is 35.5. The highest BCUT2D eigenvalue weighted by Gasteiger charge is 2.31. The van der Waals surface area contributed by atoms with Crippen molar-refractivity contribution in [1.82, 2.24) is 4.98 Å². The summed E-state index contributed by atoms with van der Waals surface area (Å²) in [5, 5.41) is 0.680. The van der Waals surface area contributed by atoms with Gasteiger partial charge < -0.3 is 0 Å². The summed E-state index contributed by atoms with van der Waals surface area (Å²) in [6.07, 6.45) is 0.321. The molecular formula is C10H9Cl3N2O. The Balaban J connectivity index is 2.41. The molecule has 1 atom stereocenters. The molecular weight excluding hydrogens is 270 g/mol. The number of amides is 1. The molecule has 2 heterocycles. The standard InChI is InChI=1S/C10H9Cl3N2O/c1-5-7(12)3-8(13)10(14-5)15-4-6(11)2-9(15)16/h3,6H,2,4H2,1H3. The van der Waals surface area contributed by atoms with Crippen LogP contribution in [0.15, 0.2) is 6.07 Å². The number of carbonyl (C=O) groups excluding carboxylic acids is 1. The molecule has 16 heavy (non-hydrogen) atoms. The SMILES string of the molecule is Cc1nc(N2CC(Cl)CC2=O)c(Cl)cc1Cl. The monoisotopic (exact) mass is 278 g/mol. The summed E-state index contributed by atoms with van der Waals surface area (Å²) in [6, 6.07) is 1.59. The summed E-state index contributed by atoms with van der Waals surface area (Å²) in [7, 11) is 0. The maximum absolute atomic E-state index is 11.6. The highest BCUT2D eigenvalue weighted by Crippen LogP contribution is 2.31. The van der Waals surface area contributed by atoms with E-state index in [9.17, 15) is 4.79 Å². The summed E-state index contributed by atoms with van der Waals surface area (Å²) in [5.41, 5.74) is 0.645. The minimum Gasteiger partial charge on any atom is -0.294 e. The number of halogens is 3. The maximum Gasteiger partial charge on any atom is 0.229 e. The average Bonchev–Trinajstić information content (AvgIpc) is 2.51. The number of aryl methyl sites for hydroxylation is 1. The van der Waals surface area contributed by atoms with E-state index in [-0.39, 0.29) is 11.3 Å². The molecule has 1 aromatic heterocycles. The van der Waals surface area contributed by atoms with Gasteiger partial charge in [-0.05, 0) is 13.0 Å². The van der Waals surface area contributed by atoms with Crippen LogP contribution in [0.1, 0.15) is 12.1 Å². The molecule has 1 aromatic rings. The van der Waals surface area contributed by atoms with E-state index in [2.05, 4.69) is 4.98 Å². The Kier molecular flexibility index (Phi) is 3.29. The van der Waals surface area contributed by atoms with Crippen molar-refractivity contribution in [1.29, 1.82) is 0 Å². The van der Waals surface area contributed by atoms with Crippen molar-refractivity contribution in [3.8, 4) is 0 Å². The van der Waals surface area contributed by atoms with Crippen molar-refractivity contribution in [2.24, 2.45) is 0 Å². The zero-order chi connectivity index (χ0) is 11.9. The lowest BCUT2D eigenvalue weighted by molar-refractivity contribution is -0.117. The van der Waals surface area contributed by atoms with Gasteiger partial charge in [0.05, 0.1) is 21.1 Å². The van der Waals surface area contributed by atoms with Crippen molar-refractivity contribution >= 4 is 46.5 Å². The molecule has 1 aliphatic heterocycles. The fourth-order valence-electron chi connectivity index (χ4n) is 1.60. The van der Waals surface area contributed by atoms with Crippen LogP contribution in [0.2, 0.25) is 10.0 Å². The molecule has 1 saturated heterocycles. The van der Waals surface area contributed by atoms with Gasteiger partial charge >= 0.3 is 0 Å². The van der Waals surface area contributed by atoms with Gasteiger partial charge in [0.15, 0.2) is 5.82 Å². The second kappa shape index (κ2) is 4.40. The number of alkyl halides is 1. The number of carbonyl (C=O) groups is 1. The first-order valence-corrected chi connectivity index (χ1v) is 5.95. The van der Waals surface area contributed by atoms with E-state index in [1.165, 1.54) is 4.90 Å². The van der Waals surface area contributed by atoms with E-state index < -0.39 is 0 Å². The predicted octanol–water partition coefficient (Wildman–Crippen LogP) is 3.04. The van der Waals surface area contributed by atoms with Gasteiger partial charge in [-0.1, -0.05) is 23.2 Å². The van der Waals surface area contributed by atoms with Crippen LogP contribution in [0.3, 0.4) is 0 Å². The molecule has 1 unspecified atom stereocenters. The molecule has 0 radical (unpaired) electrons. The molecule has 2 rings (SSSR count).